The highest BCUT2D eigenvalue weighted by atomic mass is 31.3. The molecule has 9 N–H and O–H groups in total. The average Bonchev–Trinajstić information content (AvgIpc) is 0.774. The zero-order chi connectivity index (χ0) is 82.8. The van der Waals surface area contributed by atoms with Gasteiger partial charge in [-0.05, 0) is 212 Å². The van der Waals surface area contributed by atoms with Gasteiger partial charge in [0, 0.05) is 13.8 Å². The van der Waals surface area contributed by atoms with Gasteiger partial charge in [-0.2, -0.15) is 0 Å². The summed E-state index contributed by atoms with van der Waals surface area (Å²) in [5.41, 5.74) is 14.8. The van der Waals surface area contributed by atoms with Crippen LogP contribution in [0.4, 0.5) is 0 Å². The minimum absolute atomic E-state index is 0.514. The van der Waals surface area contributed by atoms with Gasteiger partial charge in [0.25, 0.3) is 31.3 Å². The van der Waals surface area contributed by atoms with Crippen molar-refractivity contribution in [3.05, 3.63) is 128 Å². The van der Waals surface area contributed by atoms with E-state index < -0.39 is 163 Å². The summed E-state index contributed by atoms with van der Waals surface area (Å²) < 4.78 is 100. The SMILES string of the molecule is CC(=O)N[C@@H]1[C@H](O[C@H]2[C@H](O)[C@@H](NC(C)=O)[C@@H](OP(=O)([O-])OP(=O)([O-])OC/C=C(/C)CC/C=C(/C)CC/C=C(/C)CC/C=C(/C)CC/C=C(/C)CC/C=C(/C)CC/C=C(/C)CC/C=C(/C)CC/C=C(\C)CC/C=C(\C)CCC=C(C)C)O[C@@H]2CO)O[C@H](CO)[C@@H](OP(=O)([O-])OC[C@H](O)COP(=O)([O-])OC[C@H](O)CO)[C@@H]1O. The molecule has 2 aliphatic heterocycles. The summed E-state index contributed by atoms with van der Waals surface area (Å²) in [6, 6.07) is -3.93. The molecular formula is C77H128N2O27P4-4. The first kappa shape index (κ1) is 102. The number of aliphatic hydroxyl groups excluding tert-OH is 7. The largest absolute Gasteiger partial charge is 0.756 e. The van der Waals surface area contributed by atoms with Crippen molar-refractivity contribution < 1.29 is 129 Å². The first-order chi connectivity index (χ1) is 51.6. The summed E-state index contributed by atoms with van der Waals surface area (Å²) in [5, 5.41) is 76.3. The van der Waals surface area contributed by atoms with Crippen molar-refractivity contribution in [2.75, 3.05) is 46.2 Å². The van der Waals surface area contributed by atoms with Gasteiger partial charge in [0.1, 0.15) is 60.9 Å². The molecule has 33 heteroatoms. The molecule has 0 bridgehead atoms. The first-order valence-corrected chi connectivity index (χ1v) is 43.6. The highest BCUT2D eigenvalue weighted by Crippen LogP contribution is 2.57. The number of carbonyl (C=O) groups is 2. The molecule has 0 aliphatic carbocycles. The molecule has 2 heterocycles. The summed E-state index contributed by atoms with van der Waals surface area (Å²) in [4.78, 5) is 75.6. The van der Waals surface area contributed by atoms with Crippen LogP contribution >= 0.6 is 31.3 Å². The van der Waals surface area contributed by atoms with Crippen molar-refractivity contribution in [1.82, 2.24) is 10.6 Å². The second-order valence-corrected chi connectivity index (χ2v) is 34.6. The van der Waals surface area contributed by atoms with Crippen molar-refractivity contribution >= 4 is 43.1 Å². The molecule has 2 aliphatic rings. The van der Waals surface area contributed by atoms with Gasteiger partial charge in [0.05, 0.1) is 46.2 Å². The van der Waals surface area contributed by atoms with E-state index in [1.54, 1.807) is 6.92 Å². The zero-order valence-electron chi connectivity index (χ0n) is 67.0. The second-order valence-electron chi connectivity index (χ2n) is 28.9. The number of amides is 2. The summed E-state index contributed by atoms with van der Waals surface area (Å²) in [5.74, 6) is -1.89. The Kier molecular flexibility index (Phi) is 50.3. The Labute approximate surface area is 652 Å². The molecular weight excluding hydrogens is 1510 g/mol. The van der Waals surface area contributed by atoms with Crippen molar-refractivity contribution in [1.29, 1.82) is 0 Å². The maximum absolute atomic E-state index is 13.2. The maximum Gasteiger partial charge on any atom is 0.276 e. The van der Waals surface area contributed by atoms with Gasteiger partial charge in [-0.1, -0.05) is 128 Å². The number of ether oxygens (including phenoxy) is 3. The maximum atomic E-state index is 13.2. The van der Waals surface area contributed by atoms with Gasteiger partial charge < -0.3 is 103 Å². The standard InChI is InChI=1S/C77H132N2O27P4/c1-53(2)25-15-26-54(3)27-16-28-55(4)29-17-30-56(5)31-18-32-57(6)33-19-34-58(7)35-20-36-59(8)37-21-38-60(9)39-22-40-61(10)41-23-42-62(11)43-24-44-63(12)45-46-97-109(93,94)106-110(95,96)105-77-71(79-65(14)84)72(87)74(68(48-81)102-77)103-76-70(78-64(13)83)73(88)75(69(49-82)101-76)104-108(91,92)100-52-67(86)51-99-107(89,90)98-50-66(85)47-80/h25,27,29,31,33,35,37,39,41,43,45,66-77,80-82,85-88H,15-24,26,28,30,32,34,36,38,40,42,44,46-52H2,1-14H3,(H,78,83)(H,79,84)(H,89,90)(H,91,92)(H,93,94)(H,95,96)/p-4/b54-27+,55-29+,56-31-,57-33-,58-35-,59-37-,60-39-,61-41-,62-43-,63-45-/t66-,67-,68-,69-,70+,71-,72-,73-,74-,75-,76+,77-/m1/s1. The van der Waals surface area contributed by atoms with Crippen LogP contribution in [0.3, 0.4) is 0 Å². The molecule has 16 atom stereocenters. The van der Waals surface area contributed by atoms with Gasteiger partial charge in [-0.15, -0.1) is 0 Å². The first-order valence-electron chi connectivity index (χ1n) is 37.7. The zero-order valence-corrected chi connectivity index (χ0v) is 70.5. The van der Waals surface area contributed by atoms with Crippen LogP contribution < -0.4 is 30.2 Å². The van der Waals surface area contributed by atoms with E-state index in [0.717, 1.165) is 129 Å². The number of hydrogen-bond donors (Lipinski definition) is 9. The van der Waals surface area contributed by atoms with Crippen LogP contribution in [0, 0.1) is 0 Å². The lowest BCUT2D eigenvalue weighted by molar-refractivity contribution is -0.333. The molecule has 110 heavy (non-hydrogen) atoms. The Morgan fingerprint density at radius 1 is 0.391 bits per heavy atom. The van der Waals surface area contributed by atoms with E-state index in [-0.39, 0.29) is 0 Å². The number of carbonyl (C=O) groups excluding carboxylic acids is 2. The Morgan fingerprint density at radius 3 is 1.03 bits per heavy atom. The molecule has 0 radical (unpaired) electrons. The molecule has 4 unspecified atom stereocenters. The Balaban J connectivity index is 1.83. The van der Waals surface area contributed by atoms with Gasteiger partial charge in [0.15, 0.2) is 12.6 Å². The lowest BCUT2D eigenvalue weighted by atomic mass is 9.94. The van der Waals surface area contributed by atoms with E-state index in [1.807, 2.05) is 6.92 Å². The molecule has 632 valence electrons. The molecule has 29 nitrogen and oxygen atoms in total. The number of allylic oxidation sites excluding steroid dienone is 21. The number of nitrogens with one attached hydrogen (secondary N) is 2. The molecule has 0 aromatic rings. The van der Waals surface area contributed by atoms with Crippen molar-refractivity contribution in [3.63, 3.8) is 0 Å². The van der Waals surface area contributed by atoms with Crippen molar-refractivity contribution in [2.45, 2.75) is 299 Å². The van der Waals surface area contributed by atoms with E-state index in [0.29, 0.717) is 18.4 Å². The predicted octanol–water partition coefficient (Wildman–Crippen LogP) is 10.8. The van der Waals surface area contributed by atoms with E-state index >= 15 is 0 Å². The highest BCUT2D eigenvalue weighted by Gasteiger charge is 2.54. The fourth-order valence-corrected chi connectivity index (χ4v) is 15.3. The third-order valence-corrected chi connectivity index (χ3v) is 22.4. The van der Waals surface area contributed by atoms with Crippen LogP contribution in [0.15, 0.2) is 128 Å². The highest BCUT2D eigenvalue weighted by molar-refractivity contribution is 7.59. The Hall–Kier alpha value is -3.84. The topological polar surface area (TPSA) is 453 Å². The van der Waals surface area contributed by atoms with Gasteiger partial charge >= 0.3 is 0 Å². The number of phosphoric acid groups is 4. The number of aliphatic hydroxyl groups is 7. The van der Waals surface area contributed by atoms with Crippen LogP contribution in [0.5, 0.6) is 0 Å². The van der Waals surface area contributed by atoms with E-state index in [9.17, 15) is 78.1 Å². The molecule has 2 rings (SSSR count). The lowest BCUT2D eigenvalue weighted by Crippen LogP contribution is -2.69. The van der Waals surface area contributed by atoms with Crippen LogP contribution in [0.2, 0.25) is 0 Å². The Bertz CT molecular complexity index is 3350. The monoisotopic (exact) mass is 1640 g/mol. The normalized spacial score (nSPS) is 24.8. The minimum atomic E-state index is -6.09. The predicted molar refractivity (Wildman–Crippen MR) is 413 cm³/mol. The second kappa shape index (κ2) is 54.1. The van der Waals surface area contributed by atoms with Crippen LogP contribution in [0.1, 0.15) is 225 Å². The molecule has 2 amide bonds. The van der Waals surface area contributed by atoms with E-state index in [2.05, 4.69) is 159 Å². The number of phosphoric ester groups is 4. The average molecular weight is 1640 g/mol. The summed E-state index contributed by atoms with van der Waals surface area (Å²) in [7, 11) is -22.7. The summed E-state index contributed by atoms with van der Waals surface area (Å²) in [6.45, 7) is 20.6. The van der Waals surface area contributed by atoms with Crippen molar-refractivity contribution in [3.8, 4) is 0 Å². The number of rotatable bonds is 55. The smallest absolute Gasteiger partial charge is 0.276 e. The lowest BCUT2D eigenvalue weighted by Gasteiger charge is -2.49. The molecule has 2 saturated heterocycles. The van der Waals surface area contributed by atoms with Crippen LogP contribution in [-0.2, 0) is 73.5 Å². The van der Waals surface area contributed by atoms with Crippen LogP contribution in [-0.4, -0.2) is 167 Å². The van der Waals surface area contributed by atoms with Gasteiger partial charge in [-0.3, -0.25) is 32.4 Å². The van der Waals surface area contributed by atoms with Crippen molar-refractivity contribution in [2.24, 2.45) is 0 Å². The fourth-order valence-electron chi connectivity index (χ4n) is 11.5. The Morgan fingerprint density at radius 2 is 0.691 bits per heavy atom. The quantitative estimate of drug-likeness (QED) is 0.0202. The molecule has 0 saturated carbocycles. The minimum Gasteiger partial charge on any atom is -0.756 e. The van der Waals surface area contributed by atoms with E-state index in [1.165, 1.54) is 61.8 Å². The molecule has 0 spiro atoms. The van der Waals surface area contributed by atoms with Gasteiger partial charge in [-0.25, -0.2) is 4.31 Å². The summed E-state index contributed by atoms with van der Waals surface area (Å²) in [6.07, 6.45) is 24.5. The fraction of sp³-hybridized carbons (Fsp3) is 0.688. The summed E-state index contributed by atoms with van der Waals surface area (Å²) >= 11 is 0. The molecule has 2 fully saturated rings. The third-order valence-electron chi connectivity index (χ3n) is 17.9. The number of hydrogen-bond acceptors (Lipinski definition) is 27. The molecule has 0 aromatic heterocycles. The third kappa shape index (κ3) is 46.0. The van der Waals surface area contributed by atoms with Gasteiger partial charge in [0.2, 0.25) is 11.8 Å². The molecule has 0 aromatic carbocycles. The van der Waals surface area contributed by atoms with Crippen LogP contribution in [0.25, 0.3) is 0 Å². The van der Waals surface area contributed by atoms with E-state index in [4.69, 9.17) is 32.9 Å².